The number of hydrogen-bond donors (Lipinski definition) is 1. The van der Waals surface area contributed by atoms with E-state index in [0.717, 1.165) is 12.0 Å². The minimum absolute atomic E-state index is 0.0731. The molecule has 0 spiro atoms. The first-order valence-corrected chi connectivity index (χ1v) is 9.00. The van der Waals surface area contributed by atoms with Gasteiger partial charge < -0.3 is 5.32 Å². The number of halogens is 1. The van der Waals surface area contributed by atoms with Gasteiger partial charge in [-0.3, -0.25) is 0 Å². The van der Waals surface area contributed by atoms with Gasteiger partial charge in [0.15, 0.2) is 9.84 Å². The monoisotopic (exact) mass is 319 g/mol. The molecule has 0 bridgehead atoms. The van der Waals surface area contributed by atoms with Crippen molar-refractivity contribution < 1.29 is 12.8 Å². The third-order valence-corrected chi connectivity index (χ3v) is 5.80. The molecule has 0 unspecified atom stereocenters. The number of nitrogens with one attached hydrogen (secondary N) is 1. The molecule has 116 valence electrons. The molecular formula is C17H18FNO2S. The fourth-order valence-corrected chi connectivity index (χ4v) is 3.73. The second kappa shape index (κ2) is 5.72. The summed E-state index contributed by atoms with van der Waals surface area (Å²) in [6.45, 7) is 1.64. The zero-order valence-electron chi connectivity index (χ0n) is 12.3. The number of anilines is 1. The summed E-state index contributed by atoms with van der Waals surface area (Å²) >= 11 is 0. The van der Waals surface area contributed by atoms with Crippen LogP contribution in [0.5, 0.6) is 0 Å². The molecule has 5 heteroatoms. The van der Waals surface area contributed by atoms with Gasteiger partial charge in [-0.25, -0.2) is 12.8 Å². The van der Waals surface area contributed by atoms with Crippen molar-refractivity contribution in [2.24, 2.45) is 0 Å². The average molecular weight is 319 g/mol. The summed E-state index contributed by atoms with van der Waals surface area (Å²) in [5.41, 5.74) is 1.58. The molecule has 0 saturated heterocycles. The highest BCUT2D eigenvalue weighted by atomic mass is 32.2. The molecule has 1 aliphatic rings. The highest BCUT2D eigenvalue weighted by Crippen LogP contribution is 2.43. The maximum Gasteiger partial charge on any atom is 0.180 e. The SMILES string of the molecule is CCS(=O)(=O)c1ccccc1N[C@@H]1C[C@H]1c1cccc(F)c1. The Morgan fingerprint density at radius 2 is 1.95 bits per heavy atom. The third kappa shape index (κ3) is 2.99. The van der Waals surface area contributed by atoms with Crippen LogP contribution in [0.4, 0.5) is 10.1 Å². The fourth-order valence-electron chi connectivity index (χ4n) is 2.67. The number of para-hydroxylation sites is 1. The van der Waals surface area contributed by atoms with Gasteiger partial charge in [0.05, 0.1) is 16.3 Å². The van der Waals surface area contributed by atoms with Crippen molar-refractivity contribution in [1.82, 2.24) is 0 Å². The van der Waals surface area contributed by atoms with Gasteiger partial charge in [-0.15, -0.1) is 0 Å². The van der Waals surface area contributed by atoms with Crippen LogP contribution in [-0.2, 0) is 9.84 Å². The summed E-state index contributed by atoms with van der Waals surface area (Å²) in [5.74, 6) is 0.0640. The van der Waals surface area contributed by atoms with Crippen LogP contribution in [0, 0.1) is 5.82 Å². The van der Waals surface area contributed by atoms with E-state index in [1.54, 1.807) is 37.3 Å². The summed E-state index contributed by atoms with van der Waals surface area (Å²) in [6, 6.07) is 13.7. The molecule has 1 N–H and O–H groups in total. The van der Waals surface area contributed by atoms with Crippen LogP contribution >= 0.6 is 0 Å². The maximum atomic E-state index is 13.3. The van der Waals surface area contributed by atoms with E-state index in [2.05, 4.69) is 5.32 Å². The molecule has 0 heterocycles. The van der Waals surface area contributed by atoms with Gasteiger partial charge in [0, 0.05) is 12.0 Å². The Morgan fingerprint density at radius 3 is 2.68 bits per heavy atom. The van der Waals surface area contributed by atoms with Gasteiger partial charge in [-0.2, -0.15) is 0 Å². The summed E-state index contributed by atoms with van der Waals surface area (Å²) in [6.07, 6.45) is 0.879. The second-order valence-corrected chi connectivity index (χ2v) is 7.79. The lowest BCUT2D eigenvalue weighted by Crippen LogP contribution is -2.11. The quantitative estimate of drug-likeness (QED) is 0.916. The van der Waals surface area contributed by atoms with E-state index in [9.17, 15) is 12.8 Å². The van der Waals surface area contributed by atoms with Crippen LogP contribution in [0.15, 0.2) is 53.4 Å². The summed E-state index contributed by atoms with van der Waals surface area (Å²) in [4.78, 5) is 0.336. The van der Waals surface area contributed by atoms with Crippen LogP contribution < -0.4 is 5.32 Å². The van der Waals surface area contributed by atoms with Gasteiger partial charge >= 0.3 is 0 Å². The van der Waals surface area contributed by atoms with Crippen molar-refractivity contribution in [3.63, 3.8) is 0 Å². The largest absolute Gasteiger partial charge is 0.381 e. The standard InChI is InChI=1S/C17H18FNO2S/c1-2-22(20,21)17-9-4-3-8-15(17)19-16-11-14(16)12-6-5-7-13(18)10-12/h3-10,14,16,19H,2,11H2,1H3/t14-,16+/m0/s1. The van der Waals surface area contributed by atoms with E-state index in [4.69, 9.17) is 0 Å². The van der Waals surface area contributed by atoms with Gasteiger partial charge in [0.1, 0.15) is 5.82 Å². The smallest absolute Gasteiger partial charge is 0.180 e. The average Bonchev–Trinajstić information content (AvgIpc) is 3.27. The van der Waals surface area contributed by atoms with Gasteiger partial charge in [0.2, 0.25) is 0 Å². The van der Waals surface area contributed by atoms with E-state index in [1.807, 2.05) is 12.1 Å². The Hall–Kier alpha value is -1.88. The topological polar surface area (TPSA) is 46.2 Å². The lowest BCUT2D eigenvalue weighted by atomic mass is 10.1. The molecule has 3 rings (SSSR count). The third-order valence-electron chi connectivity index (χ3n) is 4.01. The molecule has 2 aromatic rings. The first kappa shape index (κ1) is 15.0. The highest BCUT2D eigenvalue weighted by molar-refractivity contribution is 7.91. The minimum Gasteiger partial charge on any atom is -0.381 e. The van der Waals surface area contributed by atoms with Crippen LogP contribution in [-0.4, -0.2) is 20.2 Å². The van der Waals surface area contributed by atoms with Crippen molar-refractivity contribution in [1.29, 1.82) is 0 Å². The summed E-state index contributed by atoms with van der Waals surface area (Å²) < 4.78 is 37.5. The second-order valence-electron chi connectivity index (χ2n) is 5.55. The van der Waals surface area contributed by atoms with Crippen molar-refractivity contribution in [3.8, 4) is 0 Å². The Balaban J connectivity index is 1.79. The zero-order valence-corrected chi connectivity index (χ0v) is 13.1. The number of rotatable bonds is 5. The highest BCUT2D eigenvalue weighted by Gasteiger charge is 2.39. The molecule has 0 aliphatic heterocycles. The van der Waals surface area contributed by atoms with E-state index in [-0.39, 0.29) is 23.5 Å². The molecule has 3 nitrogen and oxygen atoms in total. The zero-order chi connectivity index (χ0) is 15.7. The molecule has 22 heavy (non-hydrogen) atoms. The Morgan fingerprint density at radius 1 is 1.18 bits per heavy atom. The first-order valence-electron chi connectivity index (χ1n) is 7.35. The van der Waals surface area contributed by atoms with Crippen LogP contribution in [0.3, 0.4) is 0 Å². The summed E-state index contributed by atoms with van der Waals surface area (Å²) in [5, 5.41) is 3.29. The molecule has 1 fully saturated rings. The number of hydrogen-bond acceptors (Lipinski definition) is 3. The number of sulfone groups is 1. The molecular weight excluding hydrogens is 301 g/mol. The van der Waals surface area contributed by atoms with Crippen molar-refractivity contribution >= 4 is 15.5 Å². The van der Waals surface area contributed by atoms with Gasteiger partial charge in [0.25, 0.3) is 0 Å². The van der Waals surface area contributed by atoms with Crippen LogP contribution in [0.2, 0.25) is 0 Å². The Bertz CT molecular complexity index is 789. The summed E-state index contributed by atoms with van der Waals surface area (Å²) in [7, 11) is -3.26. The van der Waals surface area contributed by atoms with E-state index < -0.39 is 9.84 Å². The van der Waals surface area contributed by atoms with Gasteiger partial charge in [-0.05, 0) is 36.2 Å². The lowest BCUT2D eigenvalue weighted by Gasteiger charge is -2.11. The first-order chi connectivity index (χ1) is 10.5. The van der Waals surface area contributed by atoms with E-state index >= 15 is 0 Å². The van der Waals surface area contributed by atoms with E-state index in [1.165, 1.54) is 6.07 Å². The van der Waals surface area contributed by atoms with Crippen molar-refractivity contribution in [2.45, 2.75) is 30.2 Å². The maximum absolute atomic E-state index is 13.3. The molecule has 2 atom stereocenters. The molecule has 1 aliphatic carbocycles. The van der Waals surface area contributed by atoms with Crippen molar-refractivity contribution in [3.05, 3.63) is 59.9 Å². The predicted molar refractivity (Wildman–Crippen MR) is 85.3 cm³/mol. The van der Waals surface area contributed by atoms with Crippen molar-refractivity contribution in [2.75, 3.05) is 11.1 Å². The fraction of sp³-hybridized carbons (Fsp3) is 0.294. The number of benzene rings is 2. The predicted octanol–water partition coefficient (Wildman–Crippen LogP) is 3.59. The van der Waals surface area contributed by atoms with Gasteiger partial charge in [-0.1, -0.05) is 31.2 Å². The van der Waals surface area contributed by atoms with Crippen LogP contribution in [0.25, 0.3) is 0 Å². The normalized spacial score (nSPS) is 20.6. The molecule has 0 aromatic heterocycles. The van der Waals surface area contributed by atoms with Crippen LogP contribution in [0.1, 0.15) is 24.8 Å². The molecule has 0 amide bonds. The van der Waals surface area contributed by atoms with E-state index in [0.29, 0.717) is 10.6 Å². The Kier molecular flexibility index (Phi) is 3.91. The molecule has 1 saturated carbocycles. The lowest BCUT2D eigenvalue weighted by molar-refractivity contribution is 0.597. The molecule has 2 aromatic carbocycles. The Labute approximate surface area is 130 Å². The molecule has 0 radical (unpaired) electrons. The minimum atomic E-state index is -3.26.